The summed E-state index contributed by atoms with van der Waals surface area (Å²) in [6, 6.07) is 5.85. The lowest BCUT2D eigenvalue weighted by Gasteiger charge is -2.31. The number of benzene rings is 1. The molecular formula is C17H22N2O6. The highest BCUT2D eigenvalue weighted by molar-refractivity contribution is 5.94. The van der Waals surface area contributed by atoms with Gasteiger partial charge in [-0.15, -0.1) is 0 Å². The van der Waals surface area contributed by atoms with Crippen molar-refractivity contribution < 1.29 is 29.3 Å². The van der Waals surface area contributed by atoms with Gasteiger partial charge >= 0.3 is 12.1 Å². The number of carbonyl (C=O) groups is 3. The number of alkyl carbamates (subject to hydrolysis) is 1. The van der Waals surface area contributed by atoms with Gasteiger partial charge in [0.15, 0.2) is 0 Å². The minimum Gasteiger partial charge on any atom is -0.508 e. The van der Waals surface area contributed by atoms with E-state index in [4.69, 9.17) is 9.84 Å². The van der Waals surface area contributed by atoms with Crippen molar-refractivity contribution in [3.8, 4) is 5.75 Å². The first-order chi connectivity index (χ1) is 11.5. The van der Waals surface area contributed by atoms with Crippen LogP contribution in [0.5, 0.6) is 5.75 Å². The molecule has 2 rings (SSSR count). The van der Waals surface area contributed by atoms with E-state index < -0.39 is 35.7 Å². The summed E-state index contributed by atoms with van der Waals surface area (Å²) in [5, 5.41) is 21.0. The van der Waals surface area contributed by atoms with Gasteiger partial charge in [-0.2, -0.15) is 0 Å². The van der Waals surface area contributed by atoms with Crippen molar-refractivity contribution >= 4 is 18.0 Å². The van der Waals surface area contributed by atoms with Crippen molar-refractivity contribution in [2.45, 2.75) is 38.3 Å². The number of amides is 2. The maximum absolute atomic E-state index is 12.9. The summed E-state index contributed by atoms with van der Waals surface area (Å²) in [6.07, 6.45) is -0.575. The number of hydrogen-bond acceptors (Lipinski definition) is 5. The van der Waals surface area contributed by atoms with E-state index in [2.05, 4.69) is 5.32 Å². The first-order valence-electron chi connectivity index (χ1n) is 7.85. The lowest BCUT2D eigenvalue weighted by atomic mass is 9.88. The lowest BCUT2D eigenvalue weighted by molar-refractivity contribution is -0.144. The van der Waals surface area contributed by atoms with E-state index in [-0.39, 0.29) is 18.7 Å². The maximum atomic E-state index is 12.9. The van der Waals surface area contributed by atoms with E-state index in [0.717, 1.165) is 0 Å². The van der Waals surface area contributed by atoms with Crippen molar-refractivity contribution in [1.82, 2.24) is 10.2 Å². The Morgan fingerprint density at radius 1 is 1.28 bits per heavy atom. The normalized spacial score (nSPS) is 20.4. The fourth-order valence-electron chi connectivity index (χ4n) is 2.77. The molecule has 1 heterocycles. The minimum atomic E-state index is -1.43. The topological polar surface area (TPSA) is 116 Å². The van der Waals surface area contributed by atoms with Crippen LogP contribution in [-0.2, 0) is 19.9 Å². The standard InChI is InChI=1S/C17H22N2O6/c1-16(2,3)25-15(24)18-17(11-4-6-12(20)7-5-11)8-9-19(14(17)23)10-13(21)22/h4-7,20H,8-10H2,1-3H3,(H,18,24)(H,21,22). The number of nitrogens with zero attached hydrogens (tertiary/aromatic N) is 1. The molecule has 1 aliphatic heterocycles. The molecule has 0 radical (unpaired) electrons. The van der Waals surface area contributed by atoms with E-state index in [1.165, 1.54) is 29.2 Å². The van der Waals surface area contributed by atoms with Crippen LogP contribution in [0.25, 0.3) is 0 Å². The second-order valence-corrected chi connectivity index (χ2v) is 6.95. The number of phenolic OH excluding ortho intramolecular Hbond substituents is 1. The van der Waals surface area contributed by atoms with E-state index >= 15 is 0 Å². The van der Waals surface area contributed by atoms with Crippen LogP contribution in [0.4, 0.5) is 4.79 Å². The number of carbonyl (C=O) groups excluding carboxylic acids is 2. The average Bonchev–Trinajstić information content (AvgIpc) is 2.75. The summed E-state index contributed by atoms with van der Waals surface area (Å²) in [7, 11) is 0. The van der Waals surface area contributed by atoms with Gasteiger partial charge in [0, 0.05) is 13.0 Å². The van der Waals surface area contributed by atoms with Crippen molar-refractivity contribution in [3.63, 3.8) is 0 Å². The molecule has 1 saturated heterocycles. The van der Waals surface area contributed by atoms with Crippen LogP contribution in [0.15, 0.2) is 24.3 Å². The molecule has 1 aromatic carbocycles. The predicted molar refractivity (Wildman–Crippen MR) is 88.0 cm³/mol. The van der Waals surface area contributed by atoms with Gasteiger partial charge in [0.05, 0.1) is 0 Å². The van der Waals surface area contributed by atoms with Gasteiger partial charge in [-0.1, -0.05) is 12.1 Å². The minimum absolute atomic E-state index is 0.0176. The van der Waals surface area contributed by atoms with Crippen LogP contribution in [0, 0.1) is 0 Å². The molecule has 1 atom stereocenters. The van der Waals surface area contributed by atoms with E-state index in [1.54, 1.807) is 20.8 Å². The molecule has 2 amide bonds. The molecule has 8 nitrogen and oxygen atoms in total. The van der Waals surface area contributed by atoms with Crippen molar-refractivity contribution in [3.05, 3.63) is 29.8 Å². The third kappa shape index (κ3) is 4.20. The monoisotopic (exact) mass is 350 g/mol. The van der Waals surface area contributed by atoms with Crippen LogP contribution >= 0.6 is 0 Å². The van der Waals surface area contributed by atoms with Crippen molar-refractivity contribution in [2.75, 3.05) is 13.1 Å². The predicted octanol–water partition coefficient (Wildman–Crippen LogP) is 1.43. The van der Waals surface area contributed by atoms with E-state index in [9.17, 15) is 19.5 Å². The Kier molecular flexibility index (Phi) is 4.92. The number of carboxylic acids is 1. The first kappa shape index (κ1) is 18.6. The molecule has 3 N–H and O–H groups in total. The Balaban J connectivity index is 2.36. The smallest absolute Gasteiger partial charge is 0.408 e. The van der Waals surface area contributed by atoms with Crippen LogP contribution in [-0.4, -0.2) is 51.8 Å². The molecule has 0 aliphatic carbocycles. The Bertz CT molecular complexity index is 679. The maximum Gasteiger partial charge on any atom is 0.408 e. The van der Waals surface area contributed by atoms with Gasteiger partial charge < -0.3 is 25.2 Å². The summed E-state index contributed by atoms with van der Waals surface area (Å²) in [5.74, 6) is -1.64. The third-order valence-corrected chi connectivity index (χ3v) is 3.81. The van der Waals surface area contributed by atoms with Crippen LogP contribution in [0.2, 0.25) is 0 Å². The summed E-state index contributed by atoms with van der Waals surface area (Å²) in [6.45, 7) is 4.84. The Hall–Kier alpha value is -2.77. The molecule has 136 valence electrons. The fraction of sp³-hybridized carbons (Fsp3) is 0.471. The molecule has 0 bridgehead atoms. The first-order valence-corrected chi connectivity index (χ1v) is 7.85. The van der Waals surface area contributed by atoms with Gasteiger partial charge in [0.1, 0.15) is 23.4 Å². The number of hydrogen-bond donors (Lipinski definition) is 3. The molecule has 1 aliphatic rings. The number of aromatic hydroxyl groups is 1. The number of ether oxygens (including phenoxy) is 1. The largest absolute Gasteiger partial charge is 0.508 e. The van der Waals surface area contributed by atoms with E-state index in [1.807, 2.05) is 0 Å². The molecule has 0 saturated carbocycles. The number of rotatable bonds is 4. The number of phenols is 1. The number of nitrogens with one attached hydrogen (secondary N) is 1. The highest BCUT2D eigenvalue weighted by Crippen LogP contribution is 2.34. The van der Waals surface area contributed by atoms with Crippen molar-refractivity contribution in [1.29, 1.82) is 0 Å². The Labute approximate surface area is 145 Å². The van der Waals surface area contributed by atoms with Crippen LogP contribution in [0.3, 0.4) is 0 Å². The Morgan fingerprint density at radius 2 is 1.88 bits per heavy atom. The van der Waals surface area contributed by atoms with Crippen molar-refractivity contribution in [2.24, 2.45) is 0 Å². The average molecular weight is 350 g/mol. The highest BCUT2D eigenvalue weighted by Gasteiger charge is 2.50. The summed E-state index contributed by atoms with van der Waals surface area (Å²) >= 11 is 0. The van der Waals surface area contributed by atoms with Gasteiger partial charge in [0.2, 0.25) is 0 Å². The van der Waals surface area contributed by atoms with Gasteiger partial charge in [-0.05, 0) is 38.5 Å². The summed E-state index contributed by atoms with van der Waals surface area (Å²) in [4.78, 5) is 37.3. The number of carboxylic acid groups (broad SMARTS) is 1. The zero-order valence-corrected chi connectivity index (χ0v) is 14.4. The summed E-state index contributed by atoms with van der Waals surface area (Å²) < 4.78 is 5.25. The second kappa shape index (κ2) is 6.62. The van der Waals surface area contributed by atoms with Gasteiger partial charge in [0.25, 0.3) is 5.91 Å². The van der Waals surface area contributed by atoms with Crippen LogP contribution in [0.1, 0.15) is 32.8 Å². The van der Waals surface area contributed by atoms with Crippen LogP contribution < -0.4 is 5.32 Å². The Morgan fingerprint density at radius 3 is 2.40 bits per heavy atom. The molecule has 1 unspecified atom stereocenters. The molecule has 25 heavy (non-hydrogen) atoms. The zero-order valence-electron chi connectivity index (χ0n) is 14.4. The molecule has 1 fully saturated rings. The van der Waals surface area contributed by atoms with Gasteiger partial charge in [-0.25, -0.2) is 4.79 Å². The molecular weight excluding hydrogens is 328 g/mol. The SMILES string of the molecule is CC(C)(C)OC(=O)NC1(c2ccc(O)cc2)CCN(CC(=O)O)C1=O. The highest BCUT2D eigenvalue weighted by atomic mass is 16.6. The van der Waals surface area contributed by atoms with E-state index in [0.29, 0.717) is 5.56 Å². The molecule has 0 aromatic heterocycles. The number of likely N-dealkylation sites (tertiary alicyclic amines) is 1. The molecule has 8 heteroatoms. The zero-order chi connectivity index (χ0) is 18.8. The van der Waals surface area contributed by atoms with Gasteiger partial charge in [-0.3, -0.25) is 9.59 Å². The number of aliphatic carboxylic acids is 1. The lowest BCUT2D eigenvalue weighted by Crippen LogP contribution is -2.53. The summed E-state index contributed by atoms with van der Waals surface area (Å²) in [5.41, 5.74) is -1.72. The second-order valence-electron chi connectivity index (χ2n) is 6.95. The fourth-order valence-corrected chi connectivity index (χ4v) is 2.77. The molecule has 1 aromatic rings. The molecule has 0 spiro atoms. The third-order valence-electron chi connectivity index (χ3n) is 3.81. The quantitative estimate of drug-likeness (QED) is 0.756.